The van der Waals surface area contributed by atoms with Crippen LogP contribution in [0, 0.1) is 20.8 Å². The Morgan fingerprint density at radius 1 is 1.28 bits per heavy atom. The molecule has 1 aliphatic heterocycles. The molecule has 0 unspecified atom stereocenters. The highest BCUT2D eigenvalue weighted by atomic mass is 16.5. The largest absolute Gasteiger partial charge is 0.423 e. The van der Waals surface area contributed by atoms with E-state index in [-0.39, 0.29) is 12.0 Å². The smallest absolute Gasteiger partial charge is 0.254 e. The molecule has 0 saturated carbocycles. The van der Waals surface area contributed by atoms with Crippen molar-refractivity contribution in [3.8, 4) is 0 Å². The Hall–Kier alpha value is -2.67. The third kappa shape index (κ3) is 2.80. The highest BCUT2D eigenvalue weighted by Gasteiger charge is 2.29. The van der Waals surface area contributed by atoms with Crippen molar-refractivity contribution >= 4 is 16.8 Å². The molecular formula is C18H20N4O3. The number of rotatable bonds is 2. The number of fused-ring (bicyclic) bond motifs is 1. The second kappa shape index (κ2) is 6.00. The van der Waals surface area contributed by atoms with Gasteiger partial charge in [-0.25, -0.2) is 0 Å². The lowest BCUT2D eigenvalue weighted by atomic mass is 10.1. The molecule has 1 N–H and O–H groups in total. The van der Waals surface area contributed by atoms with Gasteiger partial charge in [0.2, 0.25) is 11.8 Å². The number of H-pyrrole nitrogens is 1. The van der Waals surface area contributed by atoms with Crippen molar-refractivity contribution in [1.29, 1.82) is 0 Å². The maximum atomic E-state index is 12.9. The van der Waals surface area contributed by atoms with Crippen molar-refractivity contribution in [2.45, 2.75) is 26.9 Å². The average molecular weight is 340 g/mol. The molecule has 1 fully saturated rings. The van der Waals surface area contributed by atoms with Gasteiger partial charge in [-0.3, -0.25) is 4.79 Å². The van der Waals surface area contributed by atoms with Gasteiger partial charge in [-0.1, -0.05) is 0 Å². The molecule has 1 amide bonds. The molecule has 7 nitrogen and oxygen atoms in total. The Balaban J connectivity index is 1.58. The van der Waals surface area contributed by atoms with E-state index in [0.717, 1.165) is 16.6 Å². The molecule has 1 saturated heterocycles. The number of benzene rings is 1. The molecule has 3 aromatic rings. The summed E-state index contributed by atoms with van der Waals surface area (Å²) in [6.07, 6.45) is -0.376. The summed E-state index contributed by atoms with van der Waals surface area (Å²) in [5, 5.41) is 8.92. The molecule has 130 valence electrons. The number of nitrogens with one attached hydrogen (secondary N) is 1. The first-order valence-corrected chi connectivity index (χ1v) is 8.32. The normalized spacial score (nSPS) is 18.0. The maximum absolute atomic E-state index is 12.9. The molecule has 25 heavy (non-hydrogen) atoms. The molecule has 0 bridgehead atoms. The standard InChI is InChI=1S/C18H20N4O3/c1-10-11(2)19-15-5-4-13(8-14(10)15)18(23)22-6-7-24-16(9-22)17-21-20-12(3)25-17/h4-5,8,16,19H,6-7,9H2,1-3H3/t16-/m1/s1. The number of hydrogen-bond donors (Lipinski definition) is 1. The van der Waals surface area contributed by atoms with Gasteiger partial charge in [0, 0.05) is 35.6 Å². The molecule has 7 heteroatoms. The molecule has 1 aliphatic rings. The lowest BCUT2D eigenvalue weighted by Crippen LogP contribution is -2.42. The fourth-order valence-corrected chi connectivity index (χ4v) is 3.20. The quantitative estimate of drug-likeness (QED) is 0.775. The van der Waals surface area contributed by atoms with E-state index >= 15 is 0 Å². The molecule has 0 aliphatic carbocycles. The zero-order chi connectivity index (χ0) is 17.6. The van der Waals surface area contributed by atoms with Crippen molar-refractivity contribution in [2.24, 2.45) is 0 Å². The lowest BCUT2D eigenvalue weighted by Gasteiger charge is -2.31. The van der Waals surface area contributed by atoms with Crippen LogP contribution < -0.4 is 0 Å². The van der Waals surface area contributed by atoms with Gasteiger partial charge in [0.1, 0.15) is 0 Å². The van der Waals surface area contributed by atoms with Crippen LogP contribution >= 0.6 is 0 Å². The summed E-state index contributed by atoms with van der Waals surface area (Å²) >= 11 is 0. The highest BCUT2D eigenvalue weighted by Crippen LogP contribution is 2.25. The minimum absolute atomic E-state index is 0.00955. The van der Waals surface area contributed by atoms with E-state index in [1.54, 1.807) is 11.8 Å². The number of carbonyl (C=O) groups is 1. The van der Waals surface area contributed by atoms with Gasteiger partial charge in [0.05, 0.1) is 13.2 Å². The van der Waals surface area contributed by atoms with Crippen molar-refractivity contribution in [1.82, 2.24) is 20.1 Å². The van der Waals surface area contributed by atoms with E-state index in [9.17, 15) is 4.79 Å². The van der Waals surface area contributed by atoms with E-state index in [2.05, 4.69) is 22.1 Å². The van der Waals surface area contributed by atoms with Gasteiger partial charge in [0.15, 0.2) is 6.10 Å². The Kier molecular flexibility index (Phi) is 3.80. The van der Waals surface area contributed by atoms with Gasteiger partial charge in [-0.15, -0.1) is 10.2 Å². The highest BCUT2D eigenvalue weighted by molar-refractivity contribution is 5.99. The van der Waals surface area contributed by atoms with Gasteiger partial charge in [0.25, 0.3) is 5.91 Å². The second-order valence-electron chi connectivity index (χ2n) is 6.41. The fourth-order valence-electron chi connectivity index (χ4n) is 3.20. The van der Waals surface area contributed by atoms with Gasteiger partial charge in [-0.05, 0) is 37.6 Å². The summed E-state index contributed by atoms with van der Waals surface area (Å²) in [6.45, 7) is 7.23. The van der Waals surface area contributed by atoms with Crippen molar-refractivity contribution in [3.63, 3.8) is 0 Å². The third-order valence-electron chi connectivity index (χ3n) is 4.73. The van der Waals surface area contributed by atoms with Gasteiger partial charge < -0.3 is 19.0 Å². The van der Waals surface area contributed by atoms with E-state index < -0.39 is 0 Å². The predicted molar refractivity (Wildman–Crippen MR) is 91.4 cm³/mol. The number of amides is 1. The number of morpholine rings is 1. The van der Waals surface area contributed by atoms with E-state index in [4.69, 9.17) is 9.15 Å². The van der Waals surface area contributed by atoms with Crippen LogP contribution in [0.2, 0.25) is 0 Å². The summed E-state index contributed by atoms with van der Waals surface area (Å²) in [5.41, 5.74) is 4.02. The minimum Gasteiger partial charge on any atom is -0.423 e. The number of aryl methyl sites for hydroxylation is 3. The van der Waals surface area contributed by atoms with Crippen molar-refractivity contribution < 1.29 is 13.9 Å². The second-order valence-corrected chi connectivity index (χ2v) is 6.41. The first kappa shape index (κ1) is 15.8. The summed E-state index contributed by atoms with van der Waals surface area (Å²) in [5.74, 6) is 0.901. The SMILES string of the molecule is Cc1nnc([C@H]2CN(C(=O)c3ccc4[nH]c(C)c(C)c4c3)CCO2)o1. The van der Waals surface area contributed by atoms with Crippen molar-refractivity contribution in [3.05, 3.63) is 46.8 Å². The first-order valence-electron chi connectivity index (χ1n) is 8.32. The van der Waals surface area contributed by atoms with Crippen LogP contribution in [-0.2, 0) is 4.74 Å². The molecule has 4 rings (SSSR count). The molecule has 0 spiro atoms. The zero-order valence-electron chi connectivity index (χ0n) is 14.5. The Morgan fingerprint density at radius 2 is 2.12 bits per heavy atom. The van der Waals surface area contributed by atoms with Crippen molar-refractivity contribution in [2.75, 3.05) is 19.7 Å². The summed E-state index contributed by atoms with van der Waals surface area (Å²) in [4.78, 5) is 18.0. The van der Waals surface area contributed by atoms with Crippen LogP contribution in [0.25, 0.3) is 10.9 Å². The van der Waals surface area contributed by atoms with Crippen LogP contribution in [0.4, 0.5) is 0 Å². The number of nitrogens with zero attached hydrogens (tertiary/aromatic N) is 3. The Labute approximate surface area is 145 Å². The van der Waals surface area contributed by atoms with Crippen LogP contribution in [0.1, 0.15) is 39.5 Å². The van der Waals surface area contributed by atoms with Crippen LogP contribution in [-0.4, -0.2) is 45.7 Å². The van der Waals surface area contributed by atoms with Gasteiger partial charge >= 0.3 is 0 Å². The summed E-state index contributed by atoms with van der Waals surface area (Å²) < 4.78 is 11.1. The topological polar surface area (TPSA) is 84.2 Å². The molecule has 2 aromatic heterocycles. The minimum atomic E-state index is -0.376. The van der Waals surface area contributed by atoms with E-state index in [0.29, 0.717) is 37.0 Å². The van der Waals surface area contributed by atoms with Crippen LogP contribution in [0.3, 0.4) is 0 Å². The van der Waals surface area contributed by atoms with Crippen LogP contribution in [0.15, 0.2) is 22.6 Å². The average Bonchev–Trinajstić information content (AvgIpc) is 3.18. The van der Waals surface area contributed by atoms with E-state index in [1.165, 1.54) is 5.56 Å². The third-order valence-corrected chi connectivity index (χ3v) is 4.73. The fraction of sp³-hybridized carbons (Fsp3) is 0.389. The lowest BCUT2D eigenvalue weighted by molar-refractivity contribution is -0.0349. The van der Waals surface area contributed by atoms with E-state index in [1.807, 2.05) is 25.1 Å². The zero-order valence-corrected chi connectivity index (χ0v) is 14.5. The number of hydrogen-bond acceptors (Lipinski definition) is 5. The summed E-state index contributed by atoms with van der Waals surface area (Å²) in [6, 6.07) is 5.78. The Bertz CT molecular complexity index is 943. The molecule has 3 heterocycles. The molecule has 0 radical (unpaired) electrons. The predicted octanol–water partition coefficient (Wildman–Crippen LogP) is 2.69. The van der Waals surface area contributed by atoms with Crippen LogP contribution in [0.5, 0.6) is 0 Å². The maximum Gasteiger partial charge on any atom is 0.254 e. The first-order chi connectivity index (χ1) is 12.0. The number of aromatic amines is 1. The molecular weight excluding hydrogens is 320 g/mol. The molecule has 1 aromatic carbocycles. The Morgan fingerprint density at radius 3 is 2.88 bits per heavy atom. The number of aromatic nitrogens is 3. The summed E-state index contributed by atoms with van der Waals surface area (Å²) in [7, 11) is 0. The van der Waals surface area contributed by atoms with Gasteiger partial charge in [-0.2, -0.15) is 0 Å². The molecule has 1 atom stereocenters. The number of carbonyl (C=O) groups excluding carboxylic acids is 1. The number of ether oxygens (including phenoxy) is 1. The monoisotopic (exact) mass is 340 g/mol.